The van der Waals surface area contributed by atoms with Gasteiger partial charge in [-0.1, -0.05) is 6.92 Å². The van der Waals surface area contributed by atoms with E-state index in [0.717, 1.165) is 29.2 Å². The van der Waals surface area contributed by atoms with Gasteiger partial charge in [-0.15, -0.1) is 0 Å². The number of methoxy groups -OCH3 is 1. The molecule has 0 saturated carbocycles. The van der Waals surface area contributed by atoms with E-state index in [1.165, 1.54) is 0 Å². The fourth-order valence-electron chi connectivity index (χ4n) is 2.32. The Balaban J connectivity index is 2.16. The molecule has 1 N–H and O–H groups in total. The molecule has 0 saturated heterocycles. The van der Waals surface area contributed by atoms with E-state index in [1.807, 2.05) is 44.6 Å². The van der Waals surface area contributed by atoms with Crippen molar-refractivity contribution in [1.29, 1.82) is 0 Å². The molecule has 2 rings (SSSR count). The lowest BCUT2D eigenvalue weighted by molar-refractivity contribution is 0.415. The van der Waals surface area contributed by atoms with E-state index >= 15 is 0 Å². The highest BCUT2D eigenvalue weighted by Gasteiger charge is 2.09. The van der Waals surface area contributed by atoms with Gasteiger partial charge in [0.25, 0.3) is 0 Å². The molecule has 4 heteroatoms. The molecule has 0 aliphatic heterocycles. The number of nitrogens with zero attached hydrogens (tertiary/aromatic N) is 2. The zero-order valence-electron chi connectivity index (χ0n) is 13.1. The van der Waals surface area contributed by atoms with Crippen molar-refractivity contribution >= 4 is 11.4 Å². The van der Waals surface area contributed by atoms with E-state index < -0.39 is 0 Å². The van der Waals surface area contributed by atoms with Crippen molar-refractivity contribution in [3.63, 3.8) is 0 Å². The Morgan fingerprint density at radius 3 is 2.29 bits per heavy atom. The summed E-state index contributed by atoms with van der Waals surface area (Å²) < 4.78 is 5.18. The third-order valence-electron chi connectivity index (χ3n) is 3.73. The standard InChI is InChI=1S/C17H23N3O/c1-5-16(18-2)17-11-8-14(12-19-17)20(3)13-6-9-15(21-4)10-7-13/h6-12,16,18H,5H2,1-4H3. The second kappa shape index (κ2) is 7.09. The number of rotatable bonds is 6. The second-order valence-electron chi connectivity index (χ2n) is 4.95. The zero-order valence-corrected chi connectivity index (χ0v) is 13.1. The number of ether oxygens (including phenoxy) is 1. The molecule has 0 spiro atoms. The molecule has 1 unspecified atom stereocenters. The van der Waals surface area contributed by atoms with E-state index in [-0.39, 0.29) is 0 Å². The fourth-order valence-corrected chi connectivity index (χ4v) is 2.32. The molecule has 1 aromatic heterocycles. The van der Waals surface area contributed by atoms with Crippen LogP contribution in [0, 0.1) is 0 Å². The molecule has 0 aliphatic carbocycles. The maximum Gasteiger partial charge on any atom is 0.119 e. The monoisotopic (exact) mass is 285 g/mol. The highest BCUT2D eigenvalue weighted by atomic mass is 16.5. The van der Waals surface area contributed by atoms with Crippen LogP contribution in [0.2, 0.25) is 0 Å². The first-order valence-corrected chi connectivity index (χ1v) is 7.20. The van der Waals surface area contributed by atoms with Gasteiger partial charge >= 0.3 is 0 Å². The number of hydrogen-bond acceptors (Lipinski definition) is 4. The third-order valence-corrected chi connectivity index (χ3v) is 3.73. The Kier molecular flexibility index (Phi) is 5.17. The molecule has 1 aromatic carbocycles. The molecule has 0 radical (unpaired) electrons. The largest absolute Gasteiger partial charge is 0.497 e. The van der Waals surface area contributed by atoms with Crippen molar-refractivity contribution < 1.29 is 4.74 Å². The van der Waals surface area contributed by atoms with Crippen LogP contribution in [-0.2, 0) is 0 Å². The highest BCUT2D eigenvalue weighted by Crippen LogP contribution is 2.26. The Labute approximate surface area is 126 Å². The van der Waals surface area contributed by atoms with Crippen LogP contribution in [0.4, 0.5) is 11.4 Å². The Bertz CT molecular complexity index is 547. The molecular weight excluding hydrogens is 262 g/mol. The van der Waals surface area contributed by atoms with Gasteiger partial charge in [0.05, 0.1) is 24.7 Å². The molecule has 4 nitrogen and oxygen atoms in total. The summed E-state index contributed by atoms with van der Waals surface area (Å²) in [7, 11) is 5.67. The van der Waals surface area contributed by atoms with Crippen LogP contribution < -0.4 is 15.0 Å². The van der Waals surface area contributed by atoms with Crippen molar-refractivity contribution in [2.24, 2.45) is 0 Å². The van der Waals surface area contributed by atoms with Crippen LogP contribution in [0.25, 0.3) is 0 Å². The number of nitrogens with one attached hydrogen (secondary N) is 1. The molecule has 112 valence electrons. The molecule has 0 aliphatic rings. The van der Waals surface area contributed by atoms with Crippen molar-refractivity contribution in [2.45, 2.75) is 19.4 Å². The summed E-state index contributed by atoms with van der Waals surface area (Å²) in [6.45, 7) is 2.15. The average Bonchev–Trinajstić information content (AvgIpc) is 2.56. The molecule has 0 amide bonds. The van der Waals surface area contributed by atoms with Crippen LogP contribution >= 0.6 is 0 Å². The SMILES string of the molecule is CCC(NC)c1ccc(N(C)c2ccc(OC)cc2)cn1. The van der Waals surface area contributed by atoms with Gasteiger partial charge in [0.1, 0.15) is 5.75 Å². The molecule has 2 aromatic rings. The van der Waals surface area contributed by atoms with E-state index in [0.29, 0.717) is 6.04 Å². The van der Waals surface area contributed by atoms with Crippen LogP contribution in [0.1, 0.15) is 25.1 Å². The first kappa shape index (κ1) is 15.3. The lowest BCUT2D eigenvalue weighted by atomic mass is 10.1. The van der Waals surface area contributed by atoms with Gasteiger partial charge in [-0.3, -0.25) is 4.98 Å². The fraction of sp³-hybridized carbons (Fsp3) is 0.353. The van der Waals surface area contributed by atoms with E-state index in [2.05, 4.69) is 34.3 Å². The van der Waals surface area contributed by atoms with E-state index in [4.69, 9.17) is 4.74 Å². The third kappa shape index (κ3) is 3.52. The molecule has 0 fully saturated rings. The topological polar surface area (TPSA) is 37.4 Å². The zero-order chi connectivity index (χ0) is 15.2. The molecule has 1 atom stereocenters. The number of hydrogen-bond donors (Lipinski definition) is 1. The van der Waals surface area contributed by atoms with Crippen molar-refractivity contribution in [3.05, 3.63) is 48.3 Å². The lowest BCUT2D eigenvalue weighted by Crippen LogP contribution is -2.17. The average molecular weight is 285 g/mol. The van der Waals surface area contributed by atoms with Gasteiger partial charge < -0.3 is 15.0 Å². The van der Waals surface area contributed by atoms with Gasteiger partial charge in [0, 0.05) is 18.8 Å². The number of aromatic nitrogens is 1. The second-order valence-corrected chi connectivity index (χ2v) is 4.95. The quantitative estimate of drug-likeness (QED) is 0.881. The Hall–Kier alpha value is -2.07. The minimum Gasteiger partial charge on any atom is -0.497 e. The van der Waals surface area contributed by atoms with E-state index in [1.54, 1.807) is 7.11 Å². The van der Waals surface area contributed by atoms with Gasteiger partial charge in [0.2, 0.25) is 0 Å². The normalized spacial score (nSPS) is 12.0. The molecule has 0 bridgehead atoms. The minimum atomic E-state index is 0.311. The first-order valence-electron chi connectivity index (χ1n) is 7.20. The Morgan fingerprint density at radius 2 is 1.81 bits per heavy atom. The smallest absolute Gasteiger partial charge is 0.119 e. The van der Waals surface area contributed by atoms with Gasteiger partial charge in [-0.05, 0) is 49.9 Å². The summed E-state index contributed by atoms with van der Waals surface area (Å²) in [5.41, 5.74) is 3.24. The highest BCUT2D eigenvalue weighted by molar-refractivity contribution is 5.62. The first-order chi connectivity index (χ1) is 10.2. The van der Waals surface area contributed by atoms with Crippen LogP contribution in [0.3, 0.4) is 0 Å². The van der Waals surface area contributed by atoms with Crippen molar-refractivity contribution in [1.82, 2.24) is 10.3 Å². The molecule has 21 heavy (non-hydrogen) atoms. The van der Waals surface area contributed by atoms with Crippen LogP contribution in [0.5, 0.6) is 5.75 Å². The maximum atomic E-state index is 5.18. The van der Waals surface area contributed by atoms with Crippen molar-refractivity contribution in [3.8, 4) is 5.75 Å². The number of anilines is 2. The minimum absolute atomic E-state index is 0.311. The summed E-state index contributed by atoms with van der Waals surface area (Å²) in [5, 5.41) is 3.27. The van der Waals surface area contributed by atoms with Crippen LogP contribution in [-0.4, -0.2) is 26.2 Å². The predicted octanol–water partition coefficient (Wildman–Crippen LogP) is 3.53. The summed E-state index contributed by atoms with van der Waals surface area (Å²) in [6, 6.07) is 12.5. The lowest BCUT2D eigenvalue weighted by Gasteiger charge is -2.20. The maximum absolute atomic E-state index is 5.18. The number of pyridine rings is 1. The van der Waals surface area contributed by atoms with Gasteiger partial charge in [0.15, 0.2) is 0 Å². The predicted molar refractivity (Wildman–Crippen MR) is 87.4 cm³/mol. The Morgan fingerprint density at radius 1 is 1.14 bits per heavy atom. The van der Waals surface area contributed by atoms with Gasteiger partial charge in [-0.25, -0.2) is 0 Å². The van der Waals surface area contributed by atoms with E-state index in [9.17, 15) is 0 Å². The molecule has 1 heterocycles. The summed E-state index contributed by atoms with van der Waals surface area (Å²) in [4.78, 5) is 6.68. The summed E-state index contributed by atoms with van der Waals surface area (Å²) in [6.07, 6.45) is 2.94. The molecular formula is C17H23N3O. The number of benzene rings is 1. The van der Waals surface area contributed by atoms with Crippen molar-refractivity contribution in [2.75, 3.05) is 26.1 Å². The van der Waals surface area contributed by atoms with Crippen LogP contribution in [0.15, 0.2) is 42.6 Å². The van der Waals surface area contributed by atoms with Gasteiger partial charge in [-0.2, -0.15) is 0 Å². The summed E-state index contributed by atoms with van der Waals surface area (Å²) in [5.74, 6) is 0.862. The summed E-state index contributed by atoms with van der Waals surface area (Å²) >= 11 is 0.